The first-order valence-electron chi connectivity index (χ1n) is 7.61. The smallest absolute Gasteiger partial charge is 0.174 e. The first kappa shape index (κ1) is 13.9. The molecule has 0 N–H and O–H groups in total. The van der Waals surface area contributed by atoms with Gasteiger partial charge in [0.05, 0.1) is 0 Å². The van der Waals surface area contributed by atoms with Crippen molar-refractivity contribution in [3.8, 4) is 5.75 Å². The van der Waals surface area contributed by atoms with Crippen LogP contribution in [0.15, 0.2) is 48.5 Å². The van der Waals surface area contributed by atoms with Crippen molar-refractivity contribution < 1.29 is 9.53 Å². The van der Waals surface area contributed by atoms with Crippen LogP contribution in [-0.4, -0.2) is 12.4 Å². The topological polar surface area (TPSA) is 26.3 Å². The predicted octanol–water partition coefficient (Wildman–Crippen LogP) is 3.76. The highest BCUT2D eigenvalue weighted by molar-refractivity contribution is 5.82. The molecule has 2 heteroatoms. The first-order valence-corrected chi connectivity index (χ1v) is 7.61. The van der Waals surface area contributed by atoms with Crippen molar-refractivity contribution in [2.45, 2.75) is 32.1 Å². The fraction of sp³-hybridized carbons (Fsp3) is 0.316. The summed E-state index contributed by atoms with van der Waals surface area (Å²) >= 11 is 0. The summed E-state index contributed by atoms with van der Waals surface area (Å²) in [5.41, 5.74) is 3.86. The van der Waals surface area contributed by atoms with Gasteiger partial charge in [-0.05, 0) is 54.5 Å². The Kier molecular flexibility index (Phi) is 4.34. The highest BCUT2D eigenvalue weighted by Crippen LogP contribution is 2.25. The van der Waals surface area contributed by atoms with Crippen LogP contribution in [0.4, 0.5) is 0 Å². The van der Waals surface area contributed by atoms with Crippen molar-refractivity contribution in [3.05, 3.63) is 65.2 Å². The lowest BCUT2D eigenvalue weighted by atomic mass is 9.92. The number of hydrogen-bond donors (Lipinski definition) is 0. The van der Waals surface area contributed by atoms with Crippen LogP contribution < -0.4 is 4.74 Å². The van der Waals surface area contributed by atoms with Crippen molar-refractivity contribution in [2.24, 2.45) is 0 Å². The minimum absolute atomic E-state index is 0.110. The zero-order chi connectivity index (χ0) is 14.5. The molecule has 0 aromatic heterocycles. The third-order valence-electron chi connectivity index (χ3n) is 3.96. The van der Waals surface area contributed by atoms with Crippen molar-refractivity contribution in [1.29, 1.82) is 0 Å². The second-order valence-corrected chi connectivity index (χ2v) is 5.63. The number of ether oxygens (including phenoxy) is 1. The molecular formula is C19H20O2. The molecule has 0 bridgehead atoms. The van der Waals surface area contributed by atoms with E-state index in [1.54, 1.807) is 0 Å². The molecule has 0 amide bonds. The maximum Gasteiger partial charge on any atom is 0.174 e. The Bertz CT molecular complexity index is 617. The number of Topliss-reactive ketones (excluding diaryl/α,β-unsaturated/α-hetero) is 1. The van der Waals surface area contributed by atoms with Crippen LogP contribution in [0.25, 0.3) is 0 Å². The second kappa shape index (κ2) is 6.57. The molecule has 2 nitrogen and oxygen atoms in total. The number of aryl methyl sites for hydroxylation is 2. The average molecular weight is 280 g/mol. The third-order valence-corrected chi connectivity index (χ3v) is 3.96. The fourth-order valence-corrected chi connectivity index (χ4v) is 2.84. The van der Waals surface area contributed by atoms with Crippen molar-refractivity contribution in [3.63, 3.8) is 0 Å². The summed E-state index contributed by atoms with van der Waals surface area (Å²) in [6.07, 6.45) is 5.27. The minimum atomic E-state index is 0.110. The van der Waals surface area contributed by atoms with E-state index in [0.29, 0.717) is 6.42 Å². The SMILES string of the molecule is O=C(COc1ccc2c(c1)CCCC2)Cc1ccccc1. The lowest BCUT2D eigenvalue weighted by molar-refractivity contribution is -0.120. The Balaban J connectivity index is 1.56. The molecule has 0 aliphatic heterocycles. The van der Waals surface area contributed by atoms with Crippen LogP contribution in [0.1, 0.15) is 29.5 Å². The van der Waals surface area contributed by atoms with Gasteiger partial charge in [0.1, 0.15) is 12.4 Å². The van der Waals surface area contributed by atoms with Crippen molar-refractivity contribution in [1.82, 2.24) is 0 Å². The quantitative estimate of drug-likeness (QED) is 0.833. The van der Waals surface area contributed by atoms with Crippen molar-refractivity contribution >= 4 is 5.78 Å². The van der Waals surface area contributed by atoms with E-state index in [0.717, 1.165) is 17.7 Å². The van der Waals surface area contributed by atoms with Gasteiger partial charge in [-0.15, -0.1) is 0 Å². The van der Waals surface area contributed by atoms with Gasteiger partial charge in [-0.1, -0.05) is 36.4 Å². The number of carbonyl (C=O) groups excluding carboxylic acids is 1. The Morgan fingerprint density at radius 3 is 2.52 bits per heavy atom. The minimum Gasteiger partial charge on any atom is -0.486 e. The van der Waals surface area contributed by atoms with Gasteiger partial charge in [-0.25, -0.2) is 0 Å². The maximum absolute atomic E-state index is 11.9. The van der Waals surface area contributed by atoms with E-state index in [-0.39, 0.29) is 12.4 Å². The summed E-state index contributed by atoms with van der Waals surface area (Å²) < 4.78 is 5.66. The molecule has 0 spiro atoms. The van der Waals surface area contributed by atoms with Gasteiger partial charge in [0.25, 0.3) is 0 Å². The van der Waals surface area contributed by atoms with Crippen LogP contribution in [0.3, 0.4) is 0 Å². The third kappa shape index (κ3) is 3.72. The van der Waals surface area contributed by atoms with Crippen LogP contribution in [0.5, 0.6) is 5.75 Å². The van der Waals surface area contributed by atoms with E-state index in [9.17, 15) is 4.79 Å². The monoisotopic (exact) mass is 280 g/mol. The summed E-state index contributed by atoms with van der Waals surface area (Å²) in [6.45, 7) is 0.147. The summed E-state index contributed by atoms with van der Waals surface area (Å²) in [5.74, 6) is 0.927. The van der Waals surface area contributed by atoms with Gasteiger partial charge in [0, 0.05) is 6.42 Å². The lowest BCUT2D eigenvalue weighted by Crippen LogP contribution is -2.14. The normalized spacial score (nSPS) is 13.5. The molecule has 0 heterocycles. The molecular weight excluding hydrogens is 260 g/mol. The first-order chi connectivity index (χ1) is 10.3. The molecule has 2 aromatic carbocycles. The number of benzene rings is 2. The fourth-order valence-electron chi connectivity index (χ4n) is 2.84. The molecule has 0 fully saturated rings. The molecule has 1 aliphatic rings. The summed E-state index contributed by atoms with van der Waals surface area (Å²) in [5, 5.41) is 0. The van der Waals surface area contributed by atoms with E-state index in [4.69, 9.17) is 4.74 Å². The number of carbonyl (C=O) groups is 1. The van der Waals surface area contributed by atoms with Gasteiger partial charge >= 0.3 is 0 Å². The van der Waals surface area contributed by atoms with E-state index in [2.05, 4.69) is 12.1 Å². The molecule has 0 radical (unpaired) electrons. The molecule has 0 atom stereocenters. The molecule has 3 rings (SSSR count). The Morgan fingerprint density at radius 1 is 0.952 bits per heavy atom. The molecule has 0 unspecified atom stereocenters. The van der Waals surface area contributed by atoms with Crippen LogP contribution in [0, 0.1) is 0 Å². The maximum atomic E-state index is 11.9. The molecule has 0 saturated carbocycles. The second-order valence-electron chi connectivity index (χ2n) is 5.63. The van der Waals surface area contributed by atoms with E-state index in [1.165, 1.54) is 30.4 Å². The van der Waals surface area contributed by atoms with Crippen LogP contribution >= 0.6 is 0 Å². The zero-order valence-electron chi connectivity index (χ0n) is 12.2. The number of ketones is 1. The van der Waals surface area contributed by atoms with Gasteiger partial charge < -0.3 is 4.74 Å². The van der Waals surface area contributed by atoms with Crippen LogP contribution in [0.2, 0.25) is 0 Å². The van der Waals surface area contributed by atoms with Crippen LogP contribution in [-0.2, 0) is 24.1 Å². The number of fused-ring (bicyclic) bond motifs is 1. The highest BCUT2D eigenvalue weighted by Gasteiger charge is 2.11. The zero-order valence-corrected chi connectivity index (χ0v) is 12.2. The Morgan fingerprint density at radius 2 is 1.71 bits per heavy atom. The standard InChI is InChI=1S/C19H20O2/c20-18(12-15-6-2-1-3-7-15)14-21-19-11-10-16-8-4-5-9-17(16)13-19/h1-3,6-7,10-11,13H,4-5,8-9,12,14H2. The highest BCUT2D eigenvalue weighted by atomic mass is 16.5. The summed E-state index contributed by atoms with van der Waals surface area (Å²) in [6, 6.07) is 16.0. The van der Waals surface area contributed by atoms with E-state index >= 15 is 0 Å². The Hall–Kier alpha value is -2.09. The number of rotatable bonds is 5. The summed E-state index contributed by atoms with van der Waals surface area (Å²) in [4.78, 5) is 11.9. The van der Waals surface area contributed by atoms with Gasteiger partial charge in [0.15, 0.2) is 5.78 Å². The molecule has 108 valence electrons. The number of hydrogen-bond acceptors (Lipinski definition) is 2. The Labute approximate surface area is 125 Å². The van der Waals surface area contributed by atoms with Gasteiger partial charge in [-0.3, -0.25) is 4.79 Å². The molecule has 0 saturated heterocycles. The van der Waals surface area contributed by atoms with E-state index in [1.807, 2.05) is 36.4 Å². The summed E-state index contributed by atoms with van der Waals surface area (Å²) in [7, 11) is 0. The largest absolute Gasteiger partial charge is 0.486 e. The van der Waals surface area contributed by atoms with Gasteiger partial charge in [0.2, 0.25) is 0 Å². The average Bonchev–Trinajstić information content (AvgIpc) is 2.54. The van der Waals surface area contributed by atoms with E-state index < -0.39 is 0 Å². The molecule has 1 aliphatic carbocycles. The predicted molar refractivity (Wildman–Crippen MR) is 83.7 cm³/mol. The van der Waals surface area contributed by atoms with Crippen molar-refractivity contribution in [2.75, 3.05) is 6.61 Å². The molecule has 2 aromatic rings. The lowest BCUT2D eigenvalue weighted by Gasteiger charge is -2.16. The van der Waals surface area contributed by atoms with Gasteiger partial charge in [-0.2, -0.15) is 0 Å². The molecule has 21 heavy (non-hydrogen) atoms.